The average molecular weight is 564 g/mol. The van der Waals surface area contributed by atoms with Crippen LogP contribution in [0.4, 0.5) is 11.4 Å². The molecule has 3 aromatic rings. The molecular weight excluding hydrogens is 526 g/mol. The maximum absolute atomic E-state index is 14.4. The van der Waals surface area contributed by atoms with Crippen LogP contribution in [0.15, 0.2) is 40.8 Å². The van der Waals surface area contributed by atoms with Gasteiger partial charge in [0.15, 0.2) is 11.7 Å². The summed E-state index contributed by atoms with van der Waals surface area (Å²) in [5, 5.41) is 6.18. The molecule has 0 radical (unpaired) electrons. The molecule has 0 spiro atoms. The SMILES string of the molecule is Cc1ccc(C(C(=O)NC2CCCC2)N(C(=O)c2snc(C(=O)NC3CCCCC3)c2N)c2ccccc2C)o1. The van der Waals surface area contributed by atoms with E-state index in [-0.39, 0.29) is 40.2 Å². The van der Waals surface area contributed by atoms with Crippen LogP contribution in [0.3, 0.4) is 0 Å². The van der Waals surface area contributed by atoms with Gasteiger partial charge in [-0.2, -0.15) is 4.37 Å². The highest BCUT2D eigenvalue weighted by Gasteiger charge is 2.39. The average Bonchev–Trinajstić information content (AvgIpc) is 3.70. The Labute approximate surface area is 238 Å². The van der Waals surface area contributed by atoms with E-state index < -0.39 is 11.9 Å². The summed E-state index contributed by atoms with van der Waals surface area (Å²) >= 11 is 0.877. The first kappa shape index (κ1) is 27.9. The van der Waals surface area contributed by atoms with Crippen molar-refractivity contribution in [1.29, 1.82) is 0 Å². The van der Waals surface area contributed by atoms with Crippen molar-refractivity contribution in [3.05, 3.63) is 64.1 Å². The Morgan fingerprint density at radius 1 is 0.950 bits per heavy atom. The first-order valence-electron chi connectivity index (χ1n) is 14.2. The summed E-state index contributed by atoms with van der Waals surface area (Å²) in [5.41, 5.74) is 7.85. The van der Waals surface area contributed by atoms with Gasteiger partial charge in [-0.1, -0.05) is 50.3 Å². The number of nitrogens with one attached hydrogen (secondary N) is 2. The van der Waals surface area contributed by atoms with E-state index in [4.69, 9.17) is 10.2 Å². The lowest BCUT2D eigenvalue weighted by Crippen LogP contribution is -2.46. The van der Waals surface area contributed by atoms with Gasteiger partial charge in [0, 0.05) is 17.8 Å². The van der Waals surface area contributed by atoms with Crippen molar-refractivity contribution in [2.75, 3.05) is 10.6 Å². The highest BCUT2D eigenvalue weighted by atomic mass is 32.1. The molecule has 4 N–H and O–H groups in total. The van der Waals surface area contributed by atoms with Crippen LogP contribution in [0.1, 0.15) is 101 Å². The molecule has 212 valence electrons. The zero-order valence-electron chi connectivity index (χ0n) is 23.1. The maximum atomic E-state index is 14.4. The van der Waals surface area contributed by atoms with Gasteiger partial charge in [-0.15, -0.1) is 0 Å². The number of carbonyl (C=O) groups is 3. The summed E-state index contributed by atoms with van der Waals surface area (Å²) in [6.45, 7) is 3.68. The molecule has 2 aliphatic carbocycles. The van der Waals surface area contributed by atoms with Crippen LogP contribution < -0.4 is 21.3 Å². The number of para-hydroxylation sites is 1. The third kappa shape index (κ3) is 5.91. The Kier molecular flexibility index (Phi) is 8.54. The predicted octanol–water partition coefficient (Wildman–Crippen LogP) is 5.44. The zero-order valence-corrected chi connectivity index (χ0v) is 23.9. The first-order chi connectivity index (χ1) is 19.3. The third-order valence-electron chi connectivity index (χ3n) is 7.91. The van der Waals surface area contributed by atoms with Crippen molar-refractivity contribution in [3.8, 4) is 0 Å². The van der Waals surface area contributed by atoms with Gasteiger partial charge >= 0.3 is 0 Å². The van der Waals surface area contributed by atoms with E-state index in [1.165, 1.54) is 11.3 Å². The first-order valence-corrected chi connectivity index (χ1v) is 14.9. The van der Waals surface area contributed by atoms with Crippen LogP contribution in [-0.2, 0) is 4.79 Å². The summed E-state index contributed by atoms with van der Waals surface area (Å²) in [6.07, 6.45) is 9.06. The normalized spacial score (nSPS) is 16.9. The van der Waals surface area contributed by atoms with Crippen LogP contribution >= 0.6 is 11.5 Å². The topological polar surface area (TPSA) is 131 Å². The number of furan rings is 1. The summed E-state index contributed by atoms with van der Waals surface area (Å²) in [4.78, 5) is 42.9. The van der Waals surface area contributed by atoms with E-state index >= 15 is 0 Å². The maximum Gasteiger partial charge on any atom is 0.273 e. The van der Waals surface area contributed by atoms with Crippen molar-refractivity contribution in [2.24, 2.45) is 0 Å². The molecule has 2 fully saturated rings. The fraction of sp³-hybridized carbons (Fsp3) is 0.467. The van der Waals surface area contributed by atoms with E-state index in [9.17, 15) is 14.4 Å². The Hall–Kier alpha value is -3.66. The fourth-order valence-corrected chi connectivity index (χ4v) is 6.48. The molecule has 1 unspecified atom stereocenters. The van der Waals surface area contributed by atoms with Crippen LogP contribution in [0.5, 0.6) is 0 Å². The number of nitrogen functional groups attached to an aromatic ring is 1. The van der Waals surface area contributed by atoms with Crippen molar-refractivity contribution >= 4 is 40.6 Å². The number of amides is 3. The number of benzene rings is 1. The third-order valence-corrected chi connectivity index (χ3v) is 8.76. The molecule has 0 aliphatic heterocycles. The molecule has 2 saturated carbocycles. The summed E-state index contributed by atoms with van der Waals surface area (Å²) < 4.78 is 10.3. The Balaban J connectivity index is 1.52. The van der Waals surface area contributed by atoms with E-state index in [0.29, 0.717) is 17.2 Å². The molecule has 1 aromatic carbocycles. The second-order valence-corrected chi connectivity index (χ2v) is 11.7. The Bertz CT molecular complexity index is 1370. The smallest absolute Gasteiger partial charge is 0.273 e. The molecule has 1 atom stereocenters. The molecule has 40 heavy (non-hydrogen) atoms. The van der Waals surface area contributed by atoms with E-state index in [1.807, 2.05) is 25.1 Å². The number of aromatic nitrogens is 1. The molecule has 2 aromatic heterocycles. The van der Waals surface area contributed by atoms with Crippen molar-refractivity contribution in [2.45, 2.75) is 89.8 Å². The minimum absolute atomic E-state index is 0.0208. The molecule has 0 bridgehead atoms. The van der Waals surface area contributed by atoms with E-state index in [1.54, 1.807) is 25.1 Å². The monoisotopic (exact) mass is 563 g/mol. The summed E-state index contributed by atoms with van der Waals surface area (Å²) in [5.74, 6) is -0.232. The largest absolute Gasteiger partial charge is 0.464 e. The van der Waals surface area contributed by atoms with Gasteiger partial charge in [-0.3, -0.25) is 19.3 Å². The lowest BCUT2D eigenvalue weighted by Gasteiger charge is -2.31. The minimum atomic E-state index is -1.08. The highest BCUT2D eigenvalue weighted by molar-refractivity contribution is 7.09. The van der Waals surface area contributed by atoms with Gasteiger partial charge in [0.25, 0.3) is 17.7 Å². The second-order valence-electron chi connectivity index (χ2n) is 10.9. The standard InChI is InChI=1S/C30H37N5O4S/c1-18-10-6-9-15-22(18)35(26(23-17-16-19(2)39-23)29(37)33-21-13-7-8-14-21)30(38)27-24(31)25(34-40-27)28(36)32-20-11-4-3-5-12-20/h6,9-10,15-17,20-21,26H,3-5,7-8,11-14,31H2,1-2H3,(H,32,36)(H,33,37). The zero-order chi connectivity index (χ0) is 28.2. The van der Waals surface area contributed by atoms with Crippen LogP contribution in [0.2, 0.25) is 0 Å². The van der Waals surface area contributed by atoms with Gasteiger partial charge in [0.2, 0.25) is 0 Å². The van der Waals surface area contributed by atoms with Gasteiger partial charge in [0.1, 0.15) is 16.4 Å². The van der Waals surface area contributed by atoms with Crippen molar-refractivity contribution in [1.82, 2.24) is 15.0 Å². The second kappa shape index (κ2) is 12.2. The summed E-state index contributed by atoms with van der Waals surface area (Å²) in [6, 6.07) is 9.93. The van der Waals surface area contributed by atoms with Gasteiger partial charge in [-0.05, 0) is 74.8 Å². The highest BCUT2D eigenvalue weighted by Crippen LogP contribution is 2.36. The number of hydrogen-bond donors (Lipinski definition) is 3. The summed E-state index contributed by atoms with van der Waals surface area (Å²) in [7, 11) is 0. The van der Waals surface area contributed by atoms with E-state index in [0.717, 1.165) is 68.5 Å². The molecule has 2 aliphatic rings. The van der Waals surface area contributed by atoms with Crippen LogP contribution in [0.25, 0.3) is 0 Å². The van der Waals surface area contributed by atoms with Gasteiger partial charge in [0.05, 0.1) is 5.69 Å². The van der Waals surface area contributed by atoms with Gasteiger partial charge < -0.3 is 20.8 Å². The predicted molar refractivity (Wildman–Crippen MR) is 155 cm³/mol. The number of anilines is 2. The van der Waals surface area contributed by atoms with Gasteiger partial charge in [-0.25, -0.2) is 0 Å². The number of aryl methyl sites for hydroxylation is 2. The molecule has 3 amide bonds. The number of nitrogens with two attached hydrogens (primary N) is 1. The lowest BCUT2D eigenvalue weighted by atomic mass is 9.95. The molecule has 10 heteroatoms. The number of nitrogens with zero attached hydrogens (tertiary/aromatic N) is 2. The lowest BCUT2D eigenvalue weighted by molar-refractivity contribution is -0.123. The molecule has 2 heterocycles. The van der Waals surface area contributed by atoms with Crippen molar-refractivity contribution < 1.29 is 18.8 Å². The number of carbonyl (C=O) groups excluding carboxylic acids is 3. The quantitative estimate of drug-likeness (QED) is 0.334. The van der Waals surface area contributed by atoms with Crippen LogP contribution in [0, 0.1) is 13.8 Å². The molecular formula is C30H37N5O4S. The minimum Gasteiger partial charge on any atom is -0.464 e. The number of rotatable bonds is 8. The van der Waals surface area contributed by atoms with E-state index in [2.05, 4.69) is 15.0 Å². The number of hydrogen-bond acceptors (Lipinski definition) is 7. The van der Waals surface area contributed by atoms with Crippen molar-refractivity contribution in [3.63, 3.8) is 0 Å². The fourth-order valence-electron chi connectivity index (χ4n) is 5.75. The molecule has 5 rings (SSSR count). The Morgan fingerprint density at radius 2 is 1.60 bits per heavy atom. The molecule has 0 saturated heterocycles. The van der Waals surface area contributed by atoms with Crippen LogP contribution in [-0.4, -0.2) is 34.2 Å². The molecule has 9 nitrogen and oxygen atoms in total. The Morgan fingerprint density at radius 3 is 2.25 bits per heavy atom.